The summed E-state index contributed by atoms with van der Waals surface area (Å²) in [6.07, 6.45) is 1.72. The molecule has 0 bridgehead atoms. The van der Waals surface area contributed by atoms with E-state index >= 15 is 0 Å². The van der Waals surface area contributed by atoms with E-state index < -0.39 is 0 Å². The summed E-state index contributed by atoms with van der Waals surface area (Å²) in [7, 11) is 0. The molecule has 0 amide bonds. The lowest BCUT2D eigenvalue weighted by Crippen LogP contribution is -2.23. The summed E-state index contributed by atoms with van der Waals surface area (Å²) in [6, 6.07) is 8.56. The number of nitrogens with one attached hydrogen (secondary N) is 1. The van der Waals surface area contributed by atoms with Gasteiger partial charge in [-0.1, -0.05) is 6.92 Å². The molecule has 4 heteroatoms. The fraction of sp³-hybridized carbons (Fsp3) is 0.375. The topological polar surface area (TPSA) is 28.4 Å². The monoisotopic (exact) mass is 276 g/mol. The maximum atomic E-state index is 13.0. The maximum absolute atomic E-state index is 13.0. The number of furan rings is 1. The van der Waals surface area contributed by atoms with Gasteiger partial charge in [-0.25, -0.2) is 4.39 Å². The van der Waals surface area contributed by atoms with E-state index in [0.717, 1.165) is 31.1 Å². The van der Waals surface area contributed by atoms with Gasteiger partial charge in [0.15, 0.2) is 0 Å². The molecule has 1 N–H and O–H groups in total. The summed E-state index contributed by atoms with van der Waals surface area (Å²) >= 11 is 0. The van der Waals surface area contributed by atoms with E-state index in [1.165, 1.54) is 17.7 Å². The van der Waals surface area contributed by atoms with E-state index in [2.05, 4.69) is 24.1 Å². The lowest BCUT2D eigenvalue weighted by Gasteiger charge is -2.22. The van der Waals surface area contributed by atoms with Crippen LogP contribution in [0.5, 0.6) is 0 Å². The normalized spacial score (nSPS) is 10.8. The molecule has 2 aromatic rings. The zero-order valence-electron chi connectivity index (χ0n) is 12.0. The second-order valence-electron chi connectivity index (χ2n) is 4.64. The van der Waals surface area contributed by atoms with Gasteiger partial charge in [0.25, 0.3) is 0 Å². The van der Waals surface area contributed by atoms with Crippen molar-refractivity contribution in [3.8, 4) is 0 Å². The molecule has 0 atom stereocenters. The standard InChI is InChI=1S/C16H21FN2O/c1-3-18-11-13-9-10-20-16(13)12-19(4-2)15-7-5-14(17)6-8-15/h5-10,18H,3-4,11-12H2,1-2H3. The van der Waals surface area contributed by atoms with Crippen molar-refractivity contribution in [3.63, 3.8) is 0 Å². The second kappa shape index (κ2) is 7.10. The predicted octanol–water partition coefficient (Wildman–Crippen LogP) is 3.55. The number of benzene rings is 1. The summed E-state index contributed by atoms with van der Waals surface area (Å²) in [5.41, 5.74) is 2.17. The first-order valence-corrected chi connectivity index (χ1v) is 7.01. The number of nitrogens with zero attached hydrogens (tertiary/aromatic N) is 1. The van der Waals surface area contributed by atoms with Gasteiger partial charge in [-0.3, -0.25) is 0 Å². The third-order valence-corrected chi connectivity index (χ3v) is 3.31. The van der Waals surface area contributed by atoms with E-state index in [4.69, 9.17) is 4.42 Å². The van der Waals surface area contributed by atoms with Crippen LogP contribution in [0.3, 0.4) is 0 Å². The molecule has 1 aromatic carbocycles. The number of hydrogen-bond acceptors (Lipinski definition) is 3. The zero-order chi connectivity index (χ0) is 14.4. The van der Waals surface area contributed by atoms with Gasteiger partial charge in [0.1, 0.15) is 11.6 Å². The molecule has 0 radical (unpaired) electrons. The first kappa shape index (κ1) is 14.6. The smallest absolute Gasteiger partial charge is 0.127 e. The Bertz CT molecular complexity index is 522. The minimum absolute atomic E-state index is 0.212. The molecule has 3 nitrogen and oxygen atoms in total. The Balaban J connectivity index is 2.10. The van der Waals surface area contributed by atoms with Crippen LogP contribution in [0.4, 0.5) is 10.1 Å². The molecule has 0 saturated carbocycles. The van der Waals surface area contributed by atoms with Crippen molar-refractivity contribution < 1.29 is 8.81 Å². The van der Waals surface area contributed by atoms with Crippen LogP contribution in [0.2, 0.25) is 0 Å². The largest absolute Gasteiger partial charge is 0.467 e. The van der Waals surface area contributed by atoms with Crippen LogP contribution in [0.25, 0.3) is 0 Å². The fourth-order valence-electron chi connectivity index (χ4n) is 2.13. The van der Waals surface area contributed by atoms with E-state index in [-0.39, 0.29) is 5.82 Å². The molecule has 0 saturated heterocycles. The molecule has 0 aliphatic rings. The highest BCUT2D eigenvalue weighted by molar-refractivity contribution is 5.46. The maximum Gasteiger partial charge on any atom is 0.127 e. The van der Waals surface area contributed by atoms with Crippen molar-refractivity contribution in [2.75, 3.05) is 18.0 Å². The Labute approximate surface area is 119 Å². The molecule has 0 aliphatic heterocycles. The third kappa shape index (κ3) is 3.61. The summed E-state index contributed by atoms with van der Waals surface area (Å²) in [6.45, 7) is 7.43. The highest BCUT2D eigenvalue weighted by Gasteiger charge is 2.11. The SMILES string of the molecule is CCNCc1ccoc1CN(CC)c1ccc(F)cc1. The number of anilines is 1. The Hall–Kier alpha value is -1.81. The van der Waals surface area contributed by atoms with Gasteiger partial charge in [-0.15, -0.1) is 0 Å². The molecular formula is C16H21FN2O. The van der Waals surface area contributed by atoms with Gasteiger partial charge in [-0.05, 0) is 43.8 Å². The number of rotatable bonds is 7. The highest BCUT2D eigenvalue weighted by atomic mass is 19.1. The molecule has 2 rings (SSSR count). The Kier molecular flexibility index (Phi) is 5.18. The van der Waals surface area contributed by atoms with Crippen LogP contribution < -0.4 is 10.2 Å². The molecule has 20 heavy (non-hydrogen) atoms. The van der Waals surface area contributed by atoms with E-state index in [1.807, 2.05) is 6.07 Å². The average Bonchev–Trinajstić information content (AvgIpc) is 2.91. The van der Waals surface area contributed by atoms with Gasteiger partial charge < -0.3 is 14.6 Å². The Morgan fingerprint density at radius 1 is 1.15 bits per heavy atom. The van der Waals surface area contributed by atoms with E-state index in [0.29, 0.717) is 6.54 Å². The minimum Gasteiger partial charge on any atom is -0.467 e. The molecular weight excluding hydrogens is 255 g/mol. The quantitative estimate of drug-likeness (QED) is 0.838. The van der Waals surface area contributed by atoms with Crippen LogP contribution in [0.15, 0.2) is 41.0 Å². The number of hydrogen-bond donors (Lipinski definition) is 1. The van der Waals surface area contributed by atoms with Crippen molar-refractivity contribution in [2.24, 2.45) is 0 Å². The first-order valence-electron chi connectivity index (χ1n) is 7.01. The first-order chi connectivity index (χ1) is 9.74. The minimum atomic E-state index is -0.212. The molecule has 1 heterocycles. The van der Waals surface area contributed by atoms with Crippen LogP contribution >= 0.6 is 0 Å². The average molecular weight is 276 g/mol. The van der Waals surface area contributed by atoms with Crippen molar-refractivity contribution in [2.45, 2.75) is 26.9 Å². The van der Waals surface area contributed by atoms with Gasteiger partial charge in [0.05, 0.1) is 12.8 Å². The van der Waals surface area contributed by atoms with Crippen molar-refractivity contribution in [1.29, 1.82) is 0 Å². The fourth-order valence-corrected chi connectivity index (χ4v) is 2.13. The Morgan fingerprint density at radius 3 is 2.55 bits per heavy atom. The van der Waals surface area contributed by atoms with Crippen molar-refractivity contribution in [3.05, 3.63) is 53.7 Å². The molecule has 0 aliphatic carbocycles. The predicted molar refractivity (Wildman–Crippen MR) is 79.2 cm³/mol. The molecule has 0 unspecified atom stereocenters. The summed E-state index contributed by atoms with van der Waals surface area (Å²) in [4.78, 5) is 2.16. The lowest BCUT2D eigenvalue weighted by molar-refractivity contribution is 0.496. The van der Waals surface area contributed by atoms with Gasteiger partial charge in [-0.2, -0.15) is 0 Å². The summed E-state index contributed by atoms with van der Waals surface area (Å²) < 4.78 is 18.6. The molecule has 108 valence electrons. The van der Waals surface area contributed by atoms with Crippen LogP contribution in [-0.4, -0.2) is 13.1 Å². The van der Waals surface area contributed by atoms with Gasteiger partial charge in [0.2, 0.25) is 0 Å². The van der Waals surface area contributed by atoms with Crippen LogP contribution in [0.1, 0.15) is 25.2 Å². The molecule has 1 aromatic heterocycles. The van der Waals surface area contributed by atoms with Crippen LogP contribution in [-0.2, 0) is 13.1 Å². The highest BCUT2D eigenvalue weighted by Crippen LogP contribution is 2.20. The summed E-state index contributed by atoms with van der Waals surface area (Å²) in [5.74, 6) is 0.743. The van der Waals surface area contributed by atoms with Crippen molar-refractivity contribution >= 4 is 5.69 Å². The lowest BCUT2D eigenvalue weighted by atomic mass is 10.2. The van der Waals surface area contributed by atoms with Gasteiger partial charge in [0, 0.05) is 24.3 Å². The van der Waals surface area contributed by atoms with Gasteiger partial charge >= 0.3 is 0 Å². The summed E-state index contributed by atoms with van der Waals surface area (Å²) in [5, 5.41) is 3.30. The van der Waals surface area contributed by atoms with E-state index in [9.17, 15) is 4.39 Å². The molecule has 0 fully saturated rings. The third-order valence-electron chi connectivity index (χ3n) is 3.31. The number of halogens is 1. The second-order valence-corrected chi connectivity index (χ2v) is 4.64. The van der Waals surface area contributed by atoms with Crippen molar-refractivity contribution in [1.82, 2.24) is 5.32 Å². The van der Waals surface area contributed by atoms with Crippen LogP contribution in [0, 0.1) is 5.82 Å². The molecule has 0 spiro atoms. The Morgan fingerprint density at radius 2 is 1.90 bits per heavy atom. The zero-order valence-corrected chi connectivity index (χ0v) is 12.0. The van der Waals surface area contributed by atoms with E-state index in [1.54, 1.807) is 18.4 Å².